The number of aromatic nitrogens is 5. The lowest BCUT2D eigenvalue weighted by Gasteiger charge is -2.05. The molecule has 3 aromatic rings. The zero-order chi connectivity index (χ0) is 19.7. The Bertz CT molecular complexity index is 962. The van der Waals surface area contributed by atoms with E-state index in [1.807, 2.05) is 20.8 Å². The number of nitrogens with one attached hydrogen (secondary N) is 2. The molecule has 9 nitrogen and oxygen atoms in total. The lowest BCUT2D eigenvalue weighted by Crippen LogP contribution is -2.27. The number of nitrogens with zero attached hydrogens (tertiary/aromatic N) is 4. The predicted molar refractivity (Wildman–Crippen MR) is 99.1 cm³/mol. The van der Waals surface area contributed by atoms with Gasteiger partial charge in [-0.1, -0.05) is 17.2 Å². The maximum absolute atomic E-state index is 12.7. The second-order valence-corrected chi connectivity index (χ2v) is 7.20. The molecule has 0 bridgehead atoms. The van der Waals surface area contributed by atoms with E-state index in [4.69, 9.17) is 9.05 Å². The van der Waals surface area contributed by atoms with E-state index in [2.05, 4.69) is 30.8 Å². The zero-order valence-electron chi connectivity index (χ0n) is 16.3. The predicted octanol–water partition coefficient (Wildman–Crippen LogP) is 2.40. The quantitative estimate of drug-likeness (QED) is 0.611. The third-order valence-corrected chi connectivity index (χ3v) is 5.08. The lowest BCUT2D eigenvalue weighted by atomic mass is 10.0. The normalized spacial score (nSPS) is 13.8. The minimum absolute atomic E-state index is 0.261. The van der Waals surface area contributed by atoms with Crippen molar-refractivity contribution in [3.8, 4) is 0 Å². The fraction of sp³-hybridized carbons (Fsp3) is 0.526. The van der Waals surface area contributed by atoms with Gasteiger partial charge in [0.15, 0.2) is 11.5 Å². The van der Waals surface area contributed by atoms with Crippen LogP contribution in [0.5, 0.6) is 0 Å². The standard InChI is InChI=1S/C19H24N6O3/c1-4-15-14(9-13-10(2)22-23-11(13)3)17(25-27-15)18(26)20-8-7-16-21-19(28-24-16)12-5-6-12/h12H,4-9H2,1-3H3,(H,20,26)(H,22,23). The molecule has 0 saturated heterocycles. The minimum Gasteiger partial charge on any atom is -0.360 e. The van der Waals surface area contributed by atoms with E-state index in [1.165, 1.54) is 0 Å². The Morgan fingerprint density at radius 1 is 1.21 bits per heavy atom. The van der Waals surface area contributed by atoms with Gasteiger partial charge >= 0.3 is 0 Å². The number of hydrogen-bond donors (Lipinski definition) is 2. The second-order valence-electron chi connectivity index (χ2n) is 7.20. The second kappa shape index (κ2) is 7.57. The monoisotopic (exact) mass is 384 g/mol. The molecule has 1 aliphatic rings. The van der Waals surface area contributed by atoms with Crippen LogP contribution in [0.15, 0.2) is 9.05 Å². The molecule has 1 fully saturated rings. The summed E-state index contributed by atoms with van der Waals surface area (Å²) in [6, 6.07) is 0. The van der Waals surface area contributed by atoms with Crippen molar-refractivity contribution in [2.75, 3.05) is 6.54 Å². The van der Waals surface area contributed by atoms with Crippen molar-refractivity contribution in [3.05, 3.63) is 45.7 Å². The van der Waals surface area contributed by atoms with Crippen LogP contribution in [0.2, 0.25) is 0 Å². The molecule has 0 atom stereocenters. The number of carbonyl (C=O) groups excluding carboxylic acids is 1. The van der Waals surface area contributed by atoms with E-state index < -0.39 is 0 Å². The van der Waals surface area contributed by atoms with Crippen LogP contribution < -0.4 is 5.32 Å². The average Bonchev–Trinajstić information content (AvgIpc) is 3.16. The molecule has 3 heterocycles. The van der Waals surface area contributed by atoms with Gasteiger partial charge in [0.05, 0.1) is 5.69 Å². The topological polar surface area (TPSA) is 123 Å². The van der Waals surface area contributed by atoms with Gasteiger partial charge in [0.2, 0.25) is 5.89 Å². The Balaban J connectivity index is 1.42. The minimum atomic E-state index is -0.261. The molecular formula is C19H24N6O3. The first kappa shape index (κ1) is 18.4. The summed E-state index contributed by atoms with van der Waals surface area (Å²) in [7, 11) is 0. The highest BCUT2D eigenvalue weighted by Crippen LogP contribution is 2.38. The number of hydrogen-bond acceptors (Lipinski definition) is 7. The molecule has 1 amide bonds. The van der Waals surface area contributed by atoms with Crippen LogP contribution in [-0.4, -0.2) is 37.9 Å². The molecule has 9 heteroatoms. The van der Waals surface area contributed by atoms with Gasteiger partial charge in [0, 0.05) is 48.5 Å². The molecule has 148 valence electrons. The van der Waals surface area contributed by atoms with Crippen LogP contribution >= 0.6 is 0 Å². The number of aromatic amines is 1. The third kappa shape index (κ3) is 3.69. The van der Waals surface area contributed by atoms with E-state index in [1.54, 1.807) is 0 Å². The Hall–Kier alpha value is -2.97. The summed E-state index contributed by atoms with van der Waals surface area (Å²) in [5, 5.41) is 18.1. The Kier molecular flexibility index (Phi) is 4.97. The van der Waals surface area contributed by atoms with Gasteiger partial charge in [0.1, 0.15) is 5.76 Å². The molecular weight excluding hydrogens is 360 g/mol. The van der Waals surface area contributed by atoms with E-state index >= 15 is 0 Å². The summed E-state index contributed by atoms with van der Waals surface area (Å²) >= 11 is 0. The molecule has 0 radical (unpaired) electrons. The van der Waals surface area contributed by atoms with Crippen LogP contribution in [0.4, 0.5) is 0 Å². The number of amides is 1. The highest BCUT2D eigenvalue weighted by atomic mass is 16.5. The Morgan fingerprint density at radius 2 is 2.04 bits per heavy atom. The first-order valence-electron chi connectivity index (χ1n) is 9.65. The molecule has 0 aliphatic heterocycles. The largest absolute Gasteiger partial charge is 0.360 e. The summed E-state index contributed by atoms with van der Waals surface area (Å²) in [5.41, 5.74) is 4.09. The van der Waals surface area contributed by atoms with Crippen LogP contribution in [0.1, 0.15) is 76.2 Å². The maximum atomic E-state index is 12.7. The number of carbonyl (C=O) groups is 1. The highest BCUT2D eigenvalue weighted by Gasteiger charge is 2.29. The van der Waals surface area contributed by atoms with Gasteiger partial charge in [-0.2, -0.15) is 10.1 Å². The fourth-order valence-corrected chi connectivity index (χ4v) is 3.23. The molecule has 3 aromatic heterocycles. The summed E-state index contributed by atoms with van der Waals surface area (Å²) < 4.78 is 10.7. The van der Waals surface area contributed by atoms with Gasteiger partial charge in [-0.25, -0.2) is 0 Å². The number of H-pyrrole nitrogens is 1. The first-order valence-corrected chi connectivity index (χ1v) is 9.65. The van der Waals surface area contributed by atoms with Gasteiger partial charge in [-0.3, -0.25) is 9.89 Å². The molecule has 0 aromatic carbocycles. The summed E-state index contributed by atoms with van der Waals surface area (Å²) in [6.07, 6.45) is 3.96. The molecule has 4 rings (SSSR count). The van der Waals surface area contributed by atoms with E-state index in [-0.39, 0.29) is 5.91 Å². The number of aryl methyl sites for hydroxylation is 3. The smallest absolute Gasteiger partial charge is 0.273 e. The van der Waals surface area contributed by atoms with Gasteiger partial charge in [-0.15, -0.1) is 0 Å². The van der Waals surface area contributed by atoms with Crippen LogP contribution in [0.3, 0.4) is 0 Å². The van der Waals surface area contributed by atoms with Gasteiger partial charge in [0.25, 0.3) is 5.91 Å². The van der Waals surface area contributed by atoms with Crippen molar-refractivity contribution in [1.29, 1.82) is 0 Å². The van der Waals surface area contributed by atoms with Crippen molar-refractivity contribution >= 4 is 5.91 Å². The molecule has 0 spiro atoms. The Labute approximate surface area is 162 Å². The van der Waals surface area contributed by atoms with Crippen molar-refractivity contribution in [2.24, 2.45) is 0 Å². The molecule has 1 saturated carbocycles. The van der Waals surface area contributed by atoms with E-state index in [0.717, 1.165) is 41.1 Å². The maximum Gasteiger partial charge on any atom is 0.273 e. The summed E-state index contributed by atoms with van der Waals surface area (Å²) in [4.78, 5) is 17.1. The van der Waals surface area contributed by atoms with Crippen molar-refractivity contribution in [2.45, 2.75) is 58.8 Å². The van der Waals surface area contributed by atoms with Crippen LogP contribution in [0, 0.1) is 13.8 Å². The highest BCUT2D eigenvalue weighted by molar-refractivity contribution is 5.93. The SMILES string of the molecule is CCc1onc(C(=O)NCCc2noc(C3CC3)n2)c1Cc1c(C)n[nH]c1C. The summed E-state index contributed by atoms with van der Waals surface area (Å²) in [5.74, 6) is 2.21. The number of rotatable bonds is 8. The van der Waals surface area contributed by atoms with Crippen molar-refractivity contribution in [3.63, 3.8) is 0 Å². The molecule has 0 unspecified atom stereocenters. The van der Waals surface area contributed by atoms with Crippen LogP contribution in [0.25, 0.3) is 0 Å². The van der Waals surface area contributed by atoms with E-state index in [9.17, 15) is 4.79 Å². The van der Waals surface area contributed by atoms with Crippen molar-refractivity contribution < 1.29 is 13.8 Å². The first-order chi connectivity index (χ1) is 13.6. The van der Waals surface area contributed by atoms with E-state index in [0.29, 0.717) is 49.1 Å². The van der Waals surface area contributed by atoms with Gasteiger partial charge < -0.3 is 14.4 Å². The third-order valence-electron chi connectivity index (χ3n) is 5.08. The average molecular weight is 384 g/mol. The molecule has 2 N–H and O–H groups in total. The Morgan fingerprint density at radius 3 is 2.71 bits per heavy atom. The molecule has 1 aliphatic carbocycles. The fourth-order valence-electron chi connectivity index (χ4n) is 3.23. The zero-order valence-corrected chi connectivity index (χ0v) is 16.3. The molecule has 28 heavy (non-hydrogen) atoms. The summed E-state index contributed by atoms with van der Waals surface area (Å²) in [6.45, 7) is 6.29. The van der Waals surface area contributed by atoms with Crippen LogP contribution in [-0.2, 0) is 19.3 Å². The van der Waals surface area contributed by atoms with Crippen molar-refractivity contribution in [1.82, 2.24) is 30.8 Å². The van der Waals surface area contributed by atoms with Gasteiger partial charge in [-0.05, 0) is 26.7 Å². The lowest BCUT2D eigenvalue weighted by molar-refractivity contribution is 0.0944.